The van der Waals surface area contributed by atoms with E-state index in [2.05, 4.69) is 10.1 Å². The first-order valence-electron chi connectivity index (χ1n) is 9.88. The van der Waals surface area contributed by atoms with Crippen LogP contribution in [0.25, 0.3) is 17.1 Å². The van der Waals surface area contributed by atoms with E-state index in [1.54, 1.807) is 28.9 Å². The third-order valence-corrected chi connectivity index (χ3v) is 4.84. The van der Waals surface area contributed by atoms with Gasteiger partial charge in [0.2, 0.25) is 0 Å². The highest BCUT2D eigenvalue weighted by Gasteiger charge is 2.21. The second kappa shape index (κ2) is 8.75. The summed E-state index contributed by atoms with van der Waals surface area (Å²) in [6.45, 7) is 3.58. The molecule has 3 aromatic carbocycles. The first-order chi connectivity index (χ1) is 15.0. The Morgan fingerprint density at radius 2 is 1.65 bits per heavy atom. The van der Waals surface area contributed by atoms with Gasteiger partial charge in [-0.15, -0.1) is 5.10 Å². The van der Waals surface area contributed by atoms with Crippen LogP contribution in [0.1, 0.15) is 32.1 Å². The molecule has 0 aliphatic carbocycles. The molecule has 0 aliphatic heterocycles. The summed E-state index contributed by atoms with van der Waals surface area (Å²) in [5.41, 5.74) is 4.17. The Kier molecular flexibility index (Phi) is 5.71. The summed E-state index contributed by atoms with van der Waals surface area (Å²) in [6.07, 6.45) is 0. The summed E-state index contributed by atoms with van der Waals surface area (Å²) in [4.78, 5) is 29.4. The van der Waals surface area contributed by atoms with Gasteiger partial charge in [0.1, 0.15) is 0 Å². The molecule has 4 rings (SSSR count). The van der Waals surface area contributed by atoms with Crippen LogP contribution in [0, 0.1) is 13.8 Å². The Bertz CT molecular complexity index is 1250. The molecular weight excluding hydrogens is 390 g/mol. The maximum Gasteiger partial charge on any atom is 0.378 e. The van der Waals surface area contributed by atoms with Crippen molar-refractivity contribution >= 4 is 11.8 Å². The third-order valence-electron chi connectivity index (χ3n) is 4.84. The lowest BCUT2D eigenvalue weighted by Gasteiger charge is -2.09. The summed E-state index contributed by atoms with van der Waals surface area (Å²) < 4.78 is 6.85. The van der Waals surface area contributed by atoms with Crippen molar-refractivity contribution in [3.63, 3.8) is 0 Å². The number of benzene rings is 3. The zero-order chi connectivity index (χ0) is 21.8. The van der Waals surface area contributed by atoms with Gasteiger partial charge in [-0.1, -0.05) is 72.3 Å². The number of ether oxygens (including phenoxy) is 1. The van der Waals surface area contributed by atoms with Crippen LogP contribution in [0.15, 0.2) is 78.9 Å². The molecule has 1 heterocycles. The Morgan fingerprint density at radius 3 is 2.39 bits per heavy atom. The molecule has 6 nitrogen and oxygen atoms in total. The fraction of sp³-hybridized carbons (Fsp3) is 0.120. The van der Waals surface area contributed by atoms with Gasteiger partial charge in [-0.25, -0.2) is 14.5 Å². The van der Waals surface area contributed by atoms with Crippen molar-refractivity contribution in [1.82, 2.24) is 14.8 Å². The maximum absolute atomic E-state index is 12.6. The number of carbonyl (C=O) groups is 2. The van der Waals surface area contributed by atoms with E-state index in [1.807, 2.05) is 68.4 Å². The number of para-hydroxylation sites is 1. The van der Waals surface area contributed by atoms with E-state index >= 15 is 0 Å². The molecule has 0 N–H and O–H groups in total. The quantitative estimate of drug-likeness (QED) is 0.343. The summed E-state index contributed by atoms with van der Waals surface area (Å²) in [7, 11) is 0. The van der Waals surface area contributed by atoms with Crippen LogP contribution in [-0.4, -0.2) is 33.1 Å². The fourth-order valence-corrected chi connectivity index (χ4v) is 3.24. The lowest BCUT2D eigenvalue weighted by Crippen LogP contribution is -2.15. The monoisotopic (exact) mass is 411 g/mol. The van der Waals surface area contributed by atoms with Crippen molar-refractivity contribution in [1.29, 1.82) is 0 Å². The minimum Gasteiger partial charge on any atom is -0.451 e. The van der Waals surface area contributed by atoms with Crippen molar-refractivity contribution in [2.45, 2.75) is 13.8 Å². The number of hydrogen-bond donors (Lipinski definition) is 0. The molecule has 0 aliphatic rings. The maximum atomic E-state index is 12.6. The Hall–Kier alpha value is -4.06. The minimum atomic E-state index is -0.745. The number of aromatic nitrogens is 3. The number of nitrogens with zero attached hydrogens (tertiary/aromatic N) is 3. The van der Waals surface area contributed by atoms with Gasteiger partial charge in [0.25, 0.3) is 5.82 Å². The van der Waals surface area contributed by atoms with E-state index < -0.39 is 5.97 Å². The van der Waals surface area contributed by atoms with Crippen molar-refractivity contribution in [2.75, 3.05) is 6.61 Å². The van der Waals surface area contributed by atoms with Crippen LogP contribution in [0.5, 0.6) is 0 Å². The molecule has 0 atom stereocenters. The summed E-state index contributed by atoms with van der Waals surface area (Å²) >= 11 is 0. The number of rotatable bonds is 6. The van der Waals surface area contributed by atoms with Gasteiger partial charge in [0.05, 0.1) is 5.69 Å². The molecule has 1 aromatic heterocycles. The van der Waals surface area contributed by atoms with Crippen molar-refractivity contribution in [3.05, 3.63) is 101 Å². The van der Waals surface area contributed by atoms with E-state index in [1.165, 1.54) is 0 Å². The SMILES string of the molecule is Cc1cccc(-c2nc(C(=O)OCC(=O)c3ccccc3)nn2-c2ccccc2C)c1. The molecule has 0 spiro atoms. The number of carbonyl (C=O) groups excluding carboxylic acids is 2. The molecule has 4 aromatic rings. The molecule has 0 saturated carbocycles. The Labute approximate surface area is 180 Å². The molecule has 31 heavy (non-hydrogen) atoms. The molecule has 0 radical (unpaired) electrons. The highest BCUT2D eigenvalue weighted by Crippen LogP contribution is 2.24. The molecule has 6 heteroatoms. The van der Waals surface area contributed by atoms with Crippen LogP contribution >= 0.6 is 0 Å². The lowest BCUT2D eigenvalue weighted by molar-refractivity contribution is 0.0462. The van der Waals surface area contributed by atoms with Gasteiger partial charge < -0.3 is 4.74 Å². The average Bonchev–Trinajstić information content (AvgIpc) is 3.23. The van der Waals surface area contributed by atoms with Crippen molar-refractivity contribution < 1.29 is 14.3 Å². The Balaban J connectivity index is 1.65. The van der Waals surface area contributed by atoms with Gasteiger partial charge in [0.15, 0.2) is 18.2 Å². The minimum absolute atomic E-state index is 0.0966. The van der Waals surface area contributed by atoms with Crippen molar-refractivity contribution in [3.8, 4) is 17.1 Å². The average molecular weight is 411 g/mol. The number of esters is 1. The van der Waals surface area contributed by atoms with Crippen LogP contribution < -0.4 is 0 Å². The highest BCUT2D eigenvalue weighted by molar-refractivity contribution is 5.98. The smallest absolute Gasteiger partial charge is 0.378 e. The van der Waals surface area contributed by atoms with E-state index in [4.69, 9.17) is 4.74 Å². The number of ketones is 1. The molecule has 0 amide bonds. The first-order valence-corrected chi connectivity index (χ1v) is 9.88. The molecular formula is C25H21N3O3. The summed E-state index contributed by atoms with van der Waals surface area (Å²) in [5.74, 6) is -0.600. The van der Waals surface area contributed by atoms with Crippen LogP contribution in [0.2, 0.25) is 0 Å². The lowest BCUT2D eigenvalue weighted by atomic mass is 10.1. The van der Waals surface area contributed by atoms with Crippen LogP contribution in [0.4, 0.5) is 0 Å². The normalized spacial score (nSPS) is 10.6. The summed E-state index contributed by atoms with van der Waals surface area (Å²) in [5, 5.41) is 4.42. The second-order valence-corrected chi connectivity index (χ2v) is 7.19. The van der Waals surface area contributed by atoms with Gasteiger partial charge in [-0.3, -0.25) is 4.79 Å². The zero-order valence-corrected chi connectivity index (χ0v) is 17.3. The summed E-state index contributed by atoms with van der Waals surface area (Å²) in [6, 6.07) is 24.2. The number of hydrogen-bond acceptors (Lipinski definition) is 5. The largest absolute Gasteiger partial charge is 0.451 e. The molecule has 0 fully saturated rings. The topological polar surface area (TPSA) is 74.1 Å². The third kappa shape index (κ3) is 4.43. The van der Waals surface area contributed by atoms with E-state index in [-0.39, 0.29) is 18.2 Å². The second-order valence-electron chi connectivity index (χ2n) is 7.19. The zero-order valence-electron chi connectivity index (χ0n) is 17.3. The van der Waals surface area contributed by atoms with E-state index in [0.717, 1.165) is 22.4 Å². The fourth-order valence-electron chi connectivity index (χ4n) is 3.24. The predicted octanol–water partition coefficient (Wildman–Crippen LogP) is 4.59. The highest BCUT2D eigenvalue weighted by atomic mass is 16.5. The first kappa shape index (κ1) is 20.2. The van der Waals surface area contributed by atoms with Crippen molar-refractivity contribution in [2.24, 2.45) is 0 Å². The van der Waals surface area contributed by atoms with Crippen LogP contribution in [-0.2, 0) is 4.74 Å². The van der Waals surface area contributed by atoms with Gasteiger partial charge in [-0.2, -0.15) is 0 Å². The number of Topliss-reactive ketones (excluding diaryl/α,β-unsaturated/α-hetero) is 1. The molecule has 0 saturated heterocycles. The van der Waals surface area contributed by atoms with Gasteiger partial charge in [0, 0.05) is 11.1 Å². The van der Waals surface area contributed by atoms with Gasteiger partial charge >= 0.3 is 5.97 Å². The van der Waals surface area contributed by atoms with E-state index in [0.29, 0.717) is 11.4 Å². The standard InChI is InChI=1S/C25H21N3O3/c1-17-9-8-13-20(15-17)24-26-23(27-28(24)21-14-7-6-10-18(21)2)25(30)31-16-22(29)19-11-4-3-5-12-19/h3-15H,16H2,1-2H3. The van der Waals surface area contributed by atoms with Gasteiger partial charge in [-0.05, 0) is 31.5 Å². The van der Waals surface area contributed by atoms with E-state index in [9.17, 15) is 9.59 Å². The van der Waals surface area contributed by atoms with Crippen LogP contribution in [0.3, 0.4) is 0 Å². The Morgan fingerprint density at radius 1 is 0.903 bits per heavy atom. The molecule has 154 valence electrons. The number of aryl methyl sites for hydroxylation is 2. The molecule has 0 bridgehead atoms. The predicted molar refractivity (Wildman–Crippen MR) is 117 cm³/mol. The molecule has 0 unspecified atom stereocenters.